The Balaban J connectivity index is 1.13. The van der Waals surface area contributed by atoms with Crippen LogP contribution in [0.15, 0.2) is 116 Å². The zero-order valence-electron chi connectivity index (χ0n) is 23.5. The van der Waals surface area contributed by atoms with Crippen LogP contribution >= 0.6 is 11.3 Å². The topological polar surface area (TPSA) is 129 Å². The van der Waals surface area contributed by atoms with E-state index in [9.17, 15) is 14.7 Å². The van der Waals surface area contributed by atoms with Crippen LogP contribution in [-0.4, -0.2) is 31.9 Å². The molecule has 2 amide bonds. The van der Waals surface area contributed by atoms with Gasteiger partial charge in [-0.2, -0.15) is 0 Å². The zero-order chi connectivity index (χ0) is 30.5. The number of thiophene rings is 1. The molecule has 3 aromatic heterocycles. The average molecular weight is 599 g/mol. The van der Waals surface area contributed by atoms with Crippen molar-refractivity contribution >= 4 is 46.2 Å². The molecule has 0 bridgehead atoms. The predicted octanol–water partition coefficient (Wildman–Crippen LogP) is 7.53. The first-order valence-electron chi connectivity index (χ1n) is 13.6. The minimum atomic E-state index is -0.378. The van der Waals surface area contributed by atoms with Gasteiger partial charge in [-0.15, -0.1) is 11.3 Å². The number of nitrogens with one attached hydrogen (secondary N) is 3. The zero-order valence-corrected chi connectivity index (χ0v) is 24.3. The summed E-state index contributed by atoms with van der Waals surface area (Å²) in [5, 5.41) is 18.5. The van der Waals surface area contributed by atoms with Crippen molar-refractivity contribution in [1.82, 2.24) is 15.0 Å². The van der Waals surface area contributed by atoms with Crippen molar-refractivity contribution in [3.05, 3.63) is 132 Å². The maximum atomic E-state index is 13.1. The first-order valence-corrected chi connectivity index (χ1v) is 14.5. The first kappa shape index (κ1) is 28.3. The highest BCUT2D eigenvalue weighted by Crippen LogP contribution is 2.29. The lowest BCUT2D eigenvalue weighted by atomic mass is 10.1. The summed E-state index contributed by atoms with van der Waals surface area (Å²) in [6.07, 6.45) is 4.60. The number of phenols is 1. The Kier molecular flexibility index (Phi) is 8.06. The number of aromatic hydroxyl groups is 1. The van der Waals surface area contributed by atoms with Crippen molar-refractivity contribution < 1.29 is 14.7 Å². The molecule has 0 aliphatic rings. The summed E-state index contributed by atoms with van der Waals surface area (Å²) in [6.45, 7) is 1.93. The van der Waals surface area contributed by atoms with Gasteiger partial charge in [0.1, 0.15) is 5.75 Å². The molecule has 6 aromatic rings. The van der Waals surface area contributed by atoms with Crippen molar-refractivity contribution in [1.29, 1.82) is 0 Å². The highest BCUT2D eigenvalue weighted by Gasteiger charge is 2.14. The van der Waals surface area contributed by atoms with Crippen molar-refractivity contribution in [3.8, 4) is 27.4 Å². The van der Waals surface area contributed by atoms with E-state index < -0.39 is 0 Å². The van der Waals surface area contributed by atoms with E-state index in [1.54, 1.807) is 60.8 Å². The second-order valence-corrected chi connectivity index (χ2v) is 11.0. The number of anilines is 4. The molecule has 0 unspecified atom stereocenters. The Hall–Kier alpha value is -5.87. The Morgan fingerprint density at radius 1 is 0.773 bits per heavy atom. The summed E-state index contributed by atoms with van der Waals surface area (Å²) < 4.78 is 0. The Bertz CT molecular complexity index is 1960. The molecule has 10 heteroatoms. The number of carbonyl (C=O) groups excluding carboxylic acids is 2. The molecule has 6 rings (SSSR count). The van der Waals surface area contributed by atoms with Crippen molar-refractivity contribution in [3.63, 3.8) is 0 Å². The number of rotatable bonds is 8. The Morgan fingerprint density at radius 3 is 2.39 bits per heavy atom. The maximum Gasteiger partial charge on any atom is 0.265 e. The highest BCUT2D eigenvalue weighted by atomic mass is 32.1. The monoisotopic (exact) mass is 598 g/mol. The molecule has 0 fully saturated rings. The third-order valence-electron chi connectivity index (χ3n) is 6.71. The molecule has 0 saturated carbocycles. The molecule has 0 saturated heterocycles. The quantitative estimate of drug-likeness (QED) is 0.143. The van der Waals surface area contributed by atoms with E-state index in [0.29, 0.717) is 33.5 Å². The standard InChI is InChI=1S/C34H26N6O3S/c1-21-7-10-25(18-29(21)40-34-36-16-15-28(39-34)22-8-11-27(41)12-9-22)37-32(42)24-17-26(20-35-19-24)38-33(43)31-14-13-30(44-31)23-5-3-2-4-6-23/h2-20,41H,1H3,(H,37,42)(H,38,43)(H,36,39,40). The fraction of sp³-hybridized carbons (Fsp3) is 0.0294. The van der Waals surface area contributed by atoms with Gasteiger partial charge in [-0.3, -0.25) is 14.6 Å². The molecule has 0 aliphatic heterocycles. The number of carbonyl (C=O) groups is 2. The minimum absolute atomic E-state index is 0.180. The van der Waals surface area contributed by atoms with E-state index in [-0.39, 0.29) is 17.6 Å². The van der Waals surface area contributed by atoms with Gasteiger partial charge < -0.3 is 21.1 Å². The molecule has 9 nitrogen and oxygen atoms in total. The van der Waals surface area contributed by atoms with Crippen LogP contribution in [0, 0.1) is 6.92 Å². The van der Waals surface area contributed by atoms with Crippen LogP contribution in [0.4, 0.5) is 23.0 Å². The number of aromatic nitrogens is 3. The van der Waals surface area contributed by atoms with E-state index in [4.69, 9.17) is 0 Å². The Morgan fingerprint density at radius 2 is 1.57 bits per heavy atom. The fourth-order valence-electron chi connectivity index (χ4n) is 4.41. The molecule has 0 aliphatic carbocycles. The van der Waals surface area contributed by atoms with Crippen LogP contribution in [0.3, 0.4) is 0 Å². The molecule has 3 heterocycles. The summed E-state index contributed by atoms with van der Waals surface area (Å²) in [4.78, 5) is 40.7. The van der Waals surface area contributed by atoms with Crippen molar-refractivity contribution in [2.45, 2.75) is 6.92 Å². The molecule has 4 N–H and O–H groups in total. The van der Waals surface area contributed by atoms with Gasteiger partial charge in [0, 0.05) is 34.2 Å². The number of hydrogen-bond acceptors (Lipinski definition) is 8. The van der Waals surface area contributed by atoms with Gasteiger partial charge in [0.15, 0.2) is 0 Å². The van der Waals surface area contributed by atoms with Gasteiger partial charge in [-0.1, -0.05) is 36.4 Å². The normalized spacial score (nSPS) is 10.7. The number of aryl methyl sites for hydroxylation is 1. The maximum absolute atomic E-state index is 13.1. The van der Waals surface area contributed by atoms with Gasteiger partial charge in [0.2, 0.25) is 5.95 Å². The van der Waals surface area contributed by atoms with Crippen LogP contribution in [0.1, 0.15) is 25.6 Å². The number of phenolic OH excluding ortho intramolecular Hbond substituents is 1. The van der Waals surface area contributed by atoms with Crippen molar-refractivity contribution in [2.75, 3.05) is 16.0 Å². The highest BCUT2D eigenvalue weighted by molar-refractivity contribution is 7.17. The fourth-order valence-corrected chi connectivity index (χ4v) is 5.32. The van der Waals surface area contributed by atoms with Gasteiger partial charge in [-0.25, -0.2) is 9.97 Å². The average Bonchev–Trinajstić information content (AvgIpc) is 3.55. The number of benzene rings is 3. The third kappa shape index (κ3) is 6.61. The molecule has 0 atom stereocenters. The molecule has 0 radical (unpaired) electrons. The van der Waals surface area contributed by atoms with Crippen LogP contribution in [0.25, 0.3) is 21.7 Å². The van der Waals surface area contributed by atoms with E-state index >= 15 is 0 Å². The summed E-state index contributed by atoms with van der Waals surface area (Å²) in [6, 6.07) is 29.2. The molecule has 44 heavy (non-hydrogen) atoms. The van der Waals surface area contributed by atoms with E-state index in [2.05, 4.69) is 30.9 Å². The number of amides is 2. The predicted molar refractivity (Wildman–Crippen MR) is 173 cm³/mol. The van der Waals surface area contributed by atoms with Crippen LogP contribution < -0.4 is 16.0 Å². The van der Waals surface area contributed by atoms with Crippen LogP contribution in [-0.2, 0) is 0 Å². The van der Waals surface area contributed by atoms with E-state index in [1.165, 1.54) is 23.7 Å². The van der Waals surface area contributed by atoms with Gasteiger partial charge in [-0.05, 0) is 78.7 Å². The van der Waals surface area contributed by atoms with Crippen LogP contribution in [0.2, 0.25) is 0 Å². The second kappa shape index (κ2) is 12.6. The molecule has 0 spiro atoms. The minimum Gasteiger partial charge on any atom is -0.508 e. The second-order valence-electron chi connectivity index (χ2n) is 9.87. The van der Waals surface area contributed by atoms with E-state index in [1.807, 2.05) is 49.4 Å². The Labute approximate surface area is 257 Å². The summed E-state index contributed by atoms with van der Waals surface area (Å²) in [7, 11) is 0. The lowest BCUT2D eigenvalue weighted by Crippen LogP contribution is -2.15. The molecular weight excluding hydrogens is 572 g/mol. The van der Waals surface area contributed by atoms with Gasteiger partial charge >= 0.3 is 0 Å². The van der Waals surface area contributed by atoms with Crippen molar-refractivity contribution in [2.24, 2.45) is 0 Å². The molecule has 3 aromatic carbocycles. The van der Waals surface area contributed by atoms with Crippen LogP contribution in [0.5, 0.6) is 5.75 Å². The third-order valence-corrected chi connectivity index (χ3v) is 7.84. The first-order chi connectivity index (χ1) is 21.4. The van der Waals surface area contributed by atoms with Gasteiger partial charge in [0.25, 0.3) is 11.8 Å². The molecule has 216 valence electrons. The summed E-state index contributed by atoms with van der Waals surface area (Å²) in [5.41, 5.74) is 5.48. The van der Waals surface area contributed by atoms with Gasteiger partial charge in [0.05, 0.1) is 28.0 Å². The van der Waals surface area contributed by atoms with E-state index in [0.717, 1.165) is 27.3 Å². The smallest absolute Gasteiger partial charge is 0.265 e. The lowest BCUT2D eigenvalue weighted by molar-refractivity contribution is 0.101. The number of nitrogens with zero attached hydrogens (tertiary/aromatic N) is 3. The summed E-state index contributed by atoms with van der Waals surface area (Å²) >= 11 is 1.39. The largest absolute Gasteiger partial charge is 0.508 e. The SMILES string of the molecule is Cc1ccc(NC(=O)c2cncc(NC(=O)c3ccc(-c4ccccc4)s3)c2)cc1Nc1nccc(-c2ccc(O)cc2)n1. The number of hydrogen-bond donors (Lipinski definition) is 4. The lowest BCUT2D eigenvalue weighted by Gasteiger charge is -2.12. The molecular formula is C34H26N6O3S. The number of pyridine rings is 1. The summed E-state index contributed by atoms with van der Waals surface area (Å²) in [5.74, 6) is -0.0886.